The highest BCUT2D eigenvalue weighted by atomic mass is 16.5. The van der Waals surface area contributed by atoms with Gasteiger partial charge in [-0.3, -0.25) is 15.0 Å². The predicted octanol–water partition coefficient (Wildman–Crippen LogP) is 11.1. The Bertz CT molecular complexity index is 3190. The van der Waals surface area contributed by atoms with Gasteiger partial charge in [0.15, 0.2) is 17.2 Å². The minimum Gasteiger partial charge on any atom is -0.452 e. The first kappa shape index (κ1) is 29.1. The summed E-state index contributed by atoms with van der Waals surface area (Å²) in [6.07, 6.45) is 7.50. The molecule has 12 rings (SSSR count). The van der Waals surface area contributed by atoms with E-state index in [-0.39, 0.29) is 0 Å². The van der Waals surface area contributed by atoms with E-state index in [2.05, 4.69) is 128 Å². The molecule has 1 aliphatic heterocycles. The Hall–Kier alpha value is -7.56. The van der Waals surface area contributed by atoms with Gasteiger partial charge in [-0.1, -0.05) is 78.9 Å². The van der Waals surface area contributed by atoms with Gasteiger partial charge >= 0.3 is 0 Å². The Morgan fingerprint density at radius 2 is 1.06 bits per heavy atom. The monoisotopic (exact) mass is 690 g/mol. The molecule has 0 N–H and O–H groups in total. The summed E-state index contributed by atoms with van der Waals surface area (Å²) in [6, 6.07) is 46.3. The largest absolute Gasteiger partial charge is 0.452 e. The topological polar surface area (TPSA) is 62.1 Å². The van der Waals surface area contributed by atoms with Gasteiger partial charge in [0.1, 0.15) is 0 Å². The third-order valence-corrected chi connectivity index (χ3v) is 11.4. The molecule has 0 saturated carbocycles. The highest BCUT2D eigenvalue weighted by Crippen LogP contribution is 2.63. The first-order chi connectivity index (χ1) is 26.8. The zero-order valence-electron chi connectivity index (χ0n) is 28.6. The zero-order chi connectivity index (χ0) is 35.5. The van der Waals surface area contributed by atoms with E-state index in [1.54, 1.807) is 0 Å². The van der Waals surface area contributed by atoms with Gasteiger partial charge in [-0.2, -0.15) is 0 Å². The van der Waals surface area contributed by atoms with Crippen LogP contribution in [-0.4, -0.2) is 24.1 Å². The Kier molecular flexibility index (Phi) is 5.65. The van der Waals surface area contributed by atoms with Gasteiger partial charge in [0.25, 0.3) is 0 Å². The van der Waals surface area contributed by atoms with E-state index in [0.717, 1.165) is 100 Å². The number of fused-ring (bicyclic) bond motifs is 15. The van der Waals surface area contributed by atoms with Crippen LogP contribution in [-0.2, 0) is 5.41 Å². The molecule has 0 amide bonds. The first-order valence-corrected chi connectivity index (χ1v) is 17.9. The van der Waals surface area contributed by atoms with Crippen molar-refractivity contribution < 1.29 is 4.74 Å². The van der Waals surface area contributed by atoms with Crippen LogP contribution < -0.4 is 4.74 Å². The number of para-hydroxylation sites is 4. The van der Waals surface area contributed by atoms with Crippen molar-refractivity contribution in [3.8, 4) is 34.3 Å². The van der Waals surface area contributed by atoms with E-state index in [1.807, 2.05) is 49.1 Å². The van der Waals surface area contributed by atoms with E-state index in [0.29, 0.717) is 5.69 Å². The van der Waals surface area contributed by atoms with Crippen molar-refractivity contribution in [2.75, 3.05) is 0 Å². The van der Waals surface area contributed by atoms with Crippen LogP contribution in [0.25, 0.3) is 71.2 Å². The smallest absolute Gasteiger partial charge is 0.188 e. The molecule has 250 valence electrons. The fraction of sp³-hybridized carbons (Fsp3) is 0.0213. The van der Waals surface area contributed by atoms with E-state index < -0.39 is 5.41 Å². The lowest BCUT2D eigenvalue weighted by Gasteiger charge is -2.40. The van der Waals surface area contributed by atoms with E-state index in [1.165, 1.54) is 0 Å². The minimum atomic E-state index is -0.796. The van der Waals surface area contributed by atoms with Crippen LogP contribution >= 0.6 is 0 Å². The molecule has 54 heavy (non-hydrogen) atoms. The predicted molar refractivity (Wildman–Crippen MR) is 212 cm³/mol. The second kappa shape index (κ2) is 10.5. The number of benzene rings is 5. The van der Waals surface area contributed by atoms with Crippen LogP contribution in [0, 0.1) is 6.57 Å². The molecule has 5 aromatic heterocycles. The number of pyridine rings is 3. The third-order valence-electron chi connectivity index (χ3n) is 11.4. The van der Waals surface area contributed by atoms with Gasteiger partial charge in [0.2, 0.25) is 0 Å². The molecule has 1 aliphatic carbocycles. The molecule has 10 aromatic rings. The maximum atomic E-state index is 7.76. The zero-order valence-corrected chi connectivity index (χ0v) is 28.6. The highest BCUT2D eigenvalue weighted by molar-refractivity contribution is 6.11. The summed E-state index contributed by atoms with van der Waals surface area (Å²) in [6.45, 7) is 7.76. The quantitative estimate of drug-likeness (QED) is 0.169. The SMILES string of the molecule is [C-]#[N+]c1ccc2c(c1)c1ccccc1n2-c1cccc2c1Oc1c(-n3c4ccccc4c4ccncc43)cccc1C21c2cccnc2-c2ncccc21. The molecule has 2 aliphatic rings. The second-order valence-corrected chi connectivity index (χ2v) is 13.9. The van der Waals surface area contributed by atoms with Crippen molar-refractivity contribution in [3.63, 3.8) is 0 Å². The number of hydrogen-bond donors (Lipinski definition) is 0. The van der Waals surface area contributed by atoms with Crippen molar-refractivity contribution in [3.05, 3.63) is 192 Å². The summed E-state index contributed by atoms with van der Waals surface area (Å²) >= 11 is 0. The van der Waals surface area contributed by atoms with Gasteiger partial charge in [-0.05, 0) is 71.1 Å². The van der Waals surface area contributed by atoms with Crippen molar-refractivity contribution in [1.82, 2.24) is 24.1 Å². The average Bonchev–Trinajstić information content (AvgIpc) is 3.85. The second-order valence-electron chi connectivity index (χ2n) is 13.9. The highest BCUT2D eigenvalue weighted by Gasteiger charge is 2.53. The van der Waals surface area contributed by atoms with Gasteiger partial charge in [0.05, 0.1) is 63.0 Å². The van der Waals surface area contributed by atoms with Crippen molar-refractivity contribution in [2.45, 2.75) is 5.41 Å². The van der Waals surface area contributed by atoms with Crippen molar-refractivity contribution >= 4 is 49.3 Å². The van der Waals surface area contributed by atoms with Crippen LogP contribution in [0.1, 0.15) is 22.3 Å². The van der Waals surface area contributed by atoms with Gasteiger partial charge in [0, 0.05) is 45.9 Å². The van der Waals surface area contributed by atoms with E-state index in [9.17, 15) is 0 Å². The van der Waals surface area contributed by atoms with Gasteiger partial charge in [-0.15, -0.1) is 0 Å². The van der Waals surface area contributed by atoms with Gasteiger partial charge in [-0.25, -0.2) is 4.85 Å². The Labute approximate surface area is 308 Å². The molecule has 0 saturated heterocycles. The summed E-state index contributed by atoms with van der Waals surface area (Å²) in [5.74, 6) is 1.51. The molecule has 0 unspecified atom stereocenters. The lowest BCUT2D eigenvalue weighted by Crippen LogP contribution is -2.33. The molecule has 7 nitrogen and oxygen atoms in total. The molecule has 5 aromatic carbocycles. The molecular weight excluding hydrogens is 665 g/mol. The molecule has 0 atom stereocenters. The lowest BCUT2D eigenvalue weighted by atomic mass is 9.66. The first-order valence-electron chi connectivity index (χ1n) is 17.9. The number of ether oxygens (including phenoxy) is 1. The molecule has 6 heterocycles. The number of rotatable bonds is 2. The molecule has 1 spiro atoms. The maximum absolute atomic E-state index is 7.76. The van der Waals surface area contributed by atoms with Crippen LogP contribution in [0.5, 0.6) is 11.5 Å². The average molecular weight is 691 g/mol. The summed E-state index contributed by atoms with van der Waals surface area (Å²) in [5.41, 5.74) is 11.6. The summed E-state index contributed by atoms with van der Waals surface area (Å²) in [7, 11) is 0. The normalized spacial score (nSPS) is 13.5. The fourth-order valence-electron chi connectivity index (χ4n) is 9.34. The lowest BCUT2D eigenvalue weighted by molar-refractivity contribution is 0.433. The van der Waals surface area contributed by atoms with Crippen LogP contribution in [0.3, 0.4) is 0 Å². The standard InChI is InChI=1S/C47H26N6O/c1-48-28-20-21-39-32(26-28)30-11-3-5-17-38(30)52(39)40-18-6-12-35-45(40)54-46-36(47(35)33-14-8-23-50-43(33)44-34(47)15-9-24-51-44)13-7-19-41(46)53-37-16-4-2-10-29(37)31-22-25-49-27-42(31)53/h2-27H. The van der Waals surface area contributed by atoms with E-state index in [4.69, 9.17) is 21.3 Å². The van der Waals surface area contributed by atoms with Crippen LogP contribution in [0.2, 0.25) is 0 Å². The molecule has 0 fully saturated rings. The number of hydrogen-bond acceptors (Lipinski definition) is 4. The van der Waals surface area contributed by atoms with Crippen molar-refractivity contribution in [2.24, 2.45) is 0 Å². The van der Waals surface area contributed by atoms with Crippen molar-refractivity contribution in [1.29, 1.82) is 0 Å². The fourth-order valence-corrected chi connectivity index (χ4v) is 9.34. The summed E-state index contributed by atoms with van der Waals surface area (Å²) in [5, 5.41) is 4.36. The number of aromatic nitrogens is 5. The molecular formula is C47H26N6O. The van der Waals surface area contributed by atoms with Crippen LogP contribution in [0.4, 0.5) is 5.69 Å². The van der Waals surface area contributed by atoms with Gasteiger partial charge < -0.3 is 13.9 Å². The number of nitrogens with zero attached hydrogens (tertiary/aromatic N) is 6. The Morgan fingerprint density at radius 3 is 1.70 bits per heavy atom. The third kappa shape index (κ3) is 3.52. The van der Waals surface area contributed by atoms with Crippen LogP contribution in [0.15, 0.2) is 158 Å². The van der Waals surface area contributed by atoms with E-state index >= 15 is 0 Å². The molecule has 7 heteroatoms. The minimum absolute atomic E-state index is 0.606. The molecule has 0 radical (unpaired) electrons. The summed E-state index contributed by atoms with van der Waals surface area (Å²) < 4.78 is 12.1. The Morgan fingerprint density at radius 1 is 0.500 bits per heavy atom. The molecule has 0 bridgehead atoms. The maximum Gasteiger partial charge on any atom is 0.188 e. The Balaban J connectivity index is 1.25. The summed E-state index contributed by atoms with van der Waals surface area (Å²) in [4.78, 5) is 18.3.